The molecule has 0 saturated heterocycles. The average Bonchev–Trinajstić information content (AvgIpc) is 3.43. The lowest BCUT2D eigenvalue weighted by molar-refractivity contribution is -0.143. The van der Waals surface area contributed by atoms with E-state index in [2.05, 4.69) is 19.8 Å². The standard InChI is InChI=1S/C28H28F3N9O/c1-38-13-16-10-18(21(14-41-4)34-26(16)37-38)27-35-24(25(39(27)2)15-8-9-15)17-6-5-7-20(32)19(17)12-33-23-11-22(28(29,30)31)40(3)36-23/h5-7,10-13,15H,8-9,14,32H2,1-4H3. The first-order valence-electron chi connectivity index (χ1n) is 13.0. The third kappa shape index (κ3) is 4.86. The number of nitrogen functional groups attached to an aromatic ring is 1. The van der Waals surface area contributed by atoms with E-state index in [9.17, 15) is 13.2 Å². The van der Waals surface area contributed by atoms with Crippen LogP contribution in [0.3, 0.4) is 0 Å². The summed E-state index contributed by atoms with van der Waals surface area (Å²) in [6.07, 6.45) is 0.874. The molecule has 1 aliphatic rings. The Kier molecular flexibility index (Phi) is 6.40. The Morgan fingerprint density at radius 2 is 1.88 bits per heavy atom. The van der Waals surface area contributed by atoms with Crippen molar-refractivity contribution in [3.05, 3.63) is 59.2 Å². The Bertz CT molecular complexity index is 1810. The van der Waals surface area contributed by atoms with Crippen molar-refractivity contribution in [2.45, 2.75) is 31.5 Å². The third-order valence-electron chi connectivity index (χ3n) is 7.19. The molecule has 41 heavy (non-hydrogen) atoms. The molecule has 1 aromatic carbocycles. The van der Waals surface area contributed by atoms with Gasteiger partial charge in [0.2, 0.25) is 0 Å². The molecule has 10 nitrogen and oxygen atoms in total. The minimum Gasteiger partial charge on any atom is -0.398 e. The fourth-order valence-corrected chi connectivity index (χ4v) is 5.17. The number of aliphatic imine (C=N–C) groups is 1. The fraction of sp³-hybridized carbons (Fsp3) is 0.321. The Morgan fingerprint density at radius 1 is 1.10 bits per heavy atom. The number of pyridine rings is 1. The number of rotatable bonds is 7. The number of fused-ring (bicyclic) bond motifs is 1. The van der Waals surface area contributed by atoms with Gasteiger partial charge in [0.15, 0.2) is 11.5 Å². The van der Waals surface area contributed by atoms with Crippen molar-refractivity contribution in [3.63, 3.8) is 0 Å². The molecular weight excluding hydrogens is 535 g/mol. The maximum atomic E-state index is 13.3. The van der Waals surface area contributed by atoms with Crippen molar-refractivity contribution >= 4 is 28.8 Å². The Labute approximate surface area is 233 Å². The first kappa shape index (κ1) is 26.7. The molecule has 4 heterocycles. The van der Waals surface area contributed by atoms with Gasteiger partial charge < -0.3 is 15.0 Å². The molecule has 1 aliphatic carbocycles. The largest absolute Gasteiger partial charge is 0.433 e. The van der Waals surface area contributed by atoms with Crippen LogP contribution in [0.15, 0.2) is 41.5 Å². The van der Waals surface area contributed by atoms with E-state index in [1.165, 1.54) is 13.3 Å². The minimum absolute atomic E-state index is 0.0711. The summed E-state index contributed by atoms with van der Waals surface area (Å²) in [6, 6.07) is 8.38. The van der Waals surface area contributed by atoms with Crippen molar-refractivity contribution in [1.82, 2.24) is 34.1 Å². The number of nitrogens with zero attached hydrogens (tertiary/aromatic N) is 8. The highest BCUT2D eigenvalue weighted by Crippen LogP contribution is 2.46. The molecule has 1 saturated carbocycles. The van der Waals surface area contributed by atoms with E-state index in [0.29, 0.717) is 28.5 Å². The van der Waals surface area contributed by atoms with Gasteiger partial charge in [-0.2, -0.15) is 23.4 Å². The zero-order valence-electron chi connectivity index (χ0n) is 22.9. The second-order valence-electron chi connectivity index (χ2n) is 10.2. The van der Waals surface area contributed by atoms with Gasteiger partial charge in [-0.3, -0.25) is 9.36 Å². The number of aromatic nitrogens is 7. The van der Waals surface area contributed by atoms with Gasteiger partial charge in [-0.25, -0.2) is 15.0 Å². The van der Waals surface area contributed by atoms with Crippen LogP contribution < -0.4 is 5.73 Å². The van der Waals surface area contributed by atoms with Crippen LogP contribution in [-0.4, -0.2) is 47.4 Å². The Balaban J connectivity index is 1.49. The summed E-state index contributed by atoms with van der Waals surface area (Å²) in [6.45, 7) is 0.281. The molecule has 0 aliphatic heterocycles. The van der Waals surface area contributed by atoms with Crippen LogP contribution in [0.5, 0.6) is 0 Å². The number of nitrogens with two attached hydrogens (primary N) is 1. The van der Waals surface area contributed by atoms with Crippen LogP contribution in [0.25, 0.3) is 33.7 Å². The van der Waals surface area contributed by atoms with Gasteiger partial charge in [0, 0.05) is 86.1 Å². The van der Waals surface area contributed by atoms with Crippen LogP contribution in [0, 0.1) is 0 Å². The second kappa shape index (κ2) is 9.84. The number of benzene rings is 1. The predicted octanol–water partition coefficient (Wildman–Crippen LogP) is 5.14. The number of methoxy groups -OCH3 is 1. The lowest BCUT2D eigenvalue weighted by Gasteiger charge is -2.10. The Hall–Kier alpha value is -4.52. The first-order chi connectivity index (χ1) is 19.5. The van der Waals surface area contributed by atoms with Crippen molar-refractivity contribution in [2.24, 2.45) is 26.1 Å². The van der Waals surface area contributed by atoms with Crippen molar-refractivity contribution in [2.75, 3.05) is 12.8 Å². The van der Waals surface area contributed by atoms with Gasteiger partial charge in [-0.1, -0.05) is 12.1 Å². The third-order valence-corrected chi connectivity index (χ3v) is 7.19. The molecule has 1 fully saturated rings. The summed E-state index contributed by atoms with van der Waals surface area (Å²) in [5.74, 6) is 0.962. The van der Waals surface area contributed by atoms with Gasteiger partial charge >= 0.3 is 6.18 Å². The molecule has 6 rings (SSSR count). The highest BCUT2D eigenvalue weighted by Gasteiger charge is 2.35. The zero-order valence-corrected chi connectivity index (χ0v) is 22.9. The van der Waals surface area contributed by atoms with Gasteiger partial charge in [0.05, 0.1) is 18.0 Å². The van der Waals surface area contributed by atoms with Crippen molar-refractivity contribution in [3.8, 4) is 22.6 Å². The van der Waals surface area contributed by atoms with Crippen LogP contribution in [0.4, 0.5) is 24.7 Å². The second-order valence-corrected chi connectivity index (χ2v) is 10.2. The molecule has 0 bridgehead atoms. The molecule has 2 N–H and O–H groups in total. The predicted molar refractivity (Wildman–Crippen MR) is 149 cm³/mol. The fourth-order valence-electron chi connectivity index (χ4n) is 5.17. The molecule has 13 heteroatoms. The number of hydrogen-bond acceptors (Lipinski definition) is 7. The van der Waals surface area contributed by atoms with Crippen molar-refractivity contribution in [1.29, 1.82) is 0 Å². The van der Waals surface area contributed by atoms with Crippen LogP contribution in [0.1, 0.15) is 41.4 Å². The summed E-state index contributed by atoms with van der Waals surface area (Å²) >= 11 is 0. The SMILES string of the molecule is COCc1nc2nn(C)cc2cc1-c1nc(-c2cccc(N)c2C=Nc2cc(C(F)(F)F)n(C)n2)c(C2CC2)n1C. The van der Waals surface area contributed by atoms with E-state index in [4.69, 9.17) is 20.4 Å². The van der Waals surface area contributed by atoms with Crippen molar-refractivity contribution < 1.29 is 17.9 Å². The highest BCUT2D eigenvalue weighted by molar-refractivity contribution is 5.97. The minimum atomic E-state index is -4.54. The molecular formula is C28H28F3N9O. The summed E-state index contributed by atoms with van der Waals surface area (Å²) < 4.78 is 49.9. The molecule has 0 amide bonds. The van der Waals surface area contributed by atoms with Crippen LogP contribution >= 0.6 is 0 Å². The number of anilines is 1. The van der Waals surface area contributed by atoms with Gasteiger partial charge in [-0.15, -0.1) is 0 Å². The summed E-state index contributed by atoms with van der Waals surface area (Å²) in [4.78, 5) is 14.1. The summed E-state index contributed by atoms with van der Waals surface area (Å²) in [7, 11) is 6.68. The number of hydrogen-bond donors (Lipinski definition) is 1. The highest BCUT2D eigenvalue weighted by atomic mass is 19.4. The van der Waals surface area contributed by atoms with E-state index in [-0.39, 0.29) is 12.4 Å². The van der Waals surface area contributed by atoms with Gasteiger partial charge in [0.25, 0.3) is 0 Å². The van der Waals surface area contributed by atoms with Gasteiger partial charge in [-0.05, 0) is 25.0 Å². The molecule has 212 valence electrons. The number of imidazole rings is 1. The molecule has 0 unspecified atom stereocenters. The number of alkyl halides is 3. The van der Waals surface area contributed by atoms with E-state index >= 15 is 0 Å². The summed E-state index contributed by atoms with van der Waals surface area (Å²) in [5, 5.41) is 9.22. The molecule has 0 atom stereocenters. The van der Waals surface area contributed by atoms with E-state index < -0.39 is 11.9 Å². The van der Waals surface area contributed by atoms with E-state index in [1.807, 2.05) is 38.5 Å². The smallest absolute Gasteiger partial charge is 0.398 e. The maximum absolute atomic E-state index is 13.3. The van der Waals surface area contributed by atoms with Gasteiger partial charge in [0.1, 0.15) is 11.5 Å². The number of ether oxygens (including phenoxy) is 1. The molecule has 0 radical (unpaired) electrons. The topological polar surface area (TPSA) is 114 Å². The number of aryl methyl sites for hydroxylation is 2. The summed E-state index contributed by atoms with van der Waals surface area (Å²) in [5.41, 5.74) is 11.2. The lowest BCUT2D eigenvalue weighted by Crippen LogP contribution is -2.11. The van der Waals surface area contributed by atoms with Crippen LogP contribution in [-0.2, 0) is 38.7 Å². The Morgan fingerprint density at radius 3 is 2.56 bits per heavy atom. The van der Waals surface area contributed by atoms with E-state index in [0.717, 1.165) is 57.3 Å². The van der Waals surface area contributed by atoms with Crippen LogP contribution in [0.2, 0.25) is 0 Å². The first-order valence-corrected chi connectivity index (χ1v) is 13.0. The molecule has 4 aromatic heterocycles. The normalized spacial score (nSPS) is 14.1. The monoisotopic (exact) mass is 563 g/mol. The molecule has 5 aromatic rings. The lowest BCUT2D eigenvalue weighted by atomic mass is 10.0. The molecule has 0 spiro atoms. The zero-order chi connectivity index (χ0) is 29.1. The van der Waals surface area contributed by atoms with E-state index in [1.54, 1.807) is 17.9 Å². The number of halogens is 3. The average molecular weight is 564 g/mol. The quantitative estimate of drug-likeness (QED) is 0.217. The maximum Gasteiger partial charge on any atom is 0.433 e.